The second kappa shape index (κ2) is 8.07. The molecular formula is C17H16N4O3S2. The van der Waals surface area contributed by atoms with Crippen LogP contribution in [0, 0.1) is 6.92 Å². The lowest BCUT2D eigenvalue weighted by Gasteiger charge is -2.01. The number of nitrogens with zero attached hydrogens (tertiary/aromatic N) is 2. The van der Waals surface area contributed by atoms with E-state index in [9.17, 15) is 9.59 Å². The molecule has 0 aliphatic rings. The Morgan fingerprint density at radius 2 is 1.92 bits per heavy atom. The predicted molar refractivity (Wildman–Crippen MR) is 103 cm³/mol. The molecule has 0 aliphatic heterocycles. The standard InChI is InChI=1S/C17H16N4O3S2/c1-3-24-15(23)13-10(2)18-17(26-13)21-14(22)12-9-25-16(20-12)19-11-7-5-4-6-8-11/h4-9H,3H2,1-2H3,(H,19,20)(H,18,21,22). The number of rotatable bonds is 6. The maximum atomic E-state index is 12.4. The third-order valence-corrected chi connectivity index (χ3v) is 5.05. The van der Waals surface area contributed by atoms with E-state index in [1.807, 2.05) is 30.3 Å². The Morgan fingerprint density at radius 3 is 2.65 bits per heavy atom. The van der Waals surface area contributed by atoms with Crippen molar-refractivity contribution in [1.82, 2.24) is 9.97 Å². The minimum Gasteiger partial charge on any atom is -0.462 e. The van der Waals surface area contributed by atoms with Gasteiger partial charge < -0.3 is 10.1 Å². The number of aromatic nitrogens is 2. The molecule has 0 bridgehead atoms. The van der Waals surface area contributed by atoms with Crippen LogP contribution in [0.1, 0.15) is 32.8 Å². The summed E-state index contributed by atoms with van der Waals surface area (Å²) in [4.78, 5) is 33.0. The Bertz CT molecular complexity index is 921. The molecule has 0 fully saturated rings. The van der Waals surface area contributed by atoms with Gasteiger partial charge >= 0.3 is 5.97 Å². The van der Waals surface area contributed by atoms with Crippen molar-refractivity contribution < 1.29 is 14.3 Å². The second-order valence-corrected chi connectivity index (χ2v) is 6.99. The zero-order valence-electron chi connectivity index (χ0n) is 14.1. The van der Waals surface area contributed by atoms with Crippen molar-refractivity contribution in [2.45, 2.75) is 13.8 Å². The quantitative estimate of drug-likeness (QED) is 0.618. The van der Waals surface area contributed by atoms with Crippen LogP contribution in [0.4, 0.5) is 16.0 Å². The molecule has 2 aromatic heterocycles. The first-order chi connectivity index (χ1) is 12.6. The fourth-order valence-corrected chi connectivity index (χ4v) is 3.64. The number of anilines is 3. The summed E-state index contributed by atoms with van der Waals surface area (Å²) >= 11 is 2.41. The van der Waals surface area contributed by atoms with Crippen LogP contribution in [0.3, 0.4) is 0 Å². The highest BCUT2D eigenvalue weighted by molar-refractivity contribution is 7.17. The first kappa shape index (κ1) is 18.0. The van der Waals surface area contributed by atoms with Gasteiger partial charge in [-0.15, -0.1) is 11.3 Å². The molecule has 0 unspecified atom stereocenters. The number of carbonyl (C=O) groups excluding carboxylic acids is 2. The van der Waals surface area contributed by atoms with Gasteiger partial charge in [-0.3, -0.25) is 10.1 Å². The van der Waals surface area contributed by atoms with E-state index >= 15 is 0 Å². The minimum absolute atomic E-state index is 0.277. The highest BCUT2D eigenvalue weighted by atomic mass is 32.1. The van der Waals surface area contributed by atoms with E-state index in [1.165, 1.54) is 11.3 Å². The van der Waals surface area contributed by atoms with Crippen LogP contribution < -0.4 is 10.6 Å². The summed E-state index contributed by atoms with van der Waals surface area (Å²) in [6.07, 6.45) is 0. The van der Waals surface area contributed by atoms with Gasteiger partial charge in [-0.2, -0.15) is 0 Å². The molecule has 1 aromatic carbocycles. The summed E-state index contributed by atoms with van der Waals surface area (Å²) in [5.74, 6) is -0.822. The Labute approximate surface area is 158 Å². The number of para-hydroxylation sites is 1. The van der Waals surface area contributed by atoms with Crippen molar-refractivity contribution in [2.75, 3.05) is 17.2 Å². The summed E-state index contributed by atoms with van der Waals surface area (Å²) in [5.41, 5.74) is 1.69. The molecule has 0 spiro atoms. The zero-order chi connectivity index (χ0) is 18.5. The Morgan fingerprint density at radius 1 is 1.15 bits per heavy atom. The van der Waals surface area contributed by atoms with Gasteiger partial charge in [-0.25, -0.2) is 14.8 Å². The number of benzene rings is 1. The van der Waals surface area contributed by atoms with Crippen LogP contribution in [0.25, 0.3) is 0 Å². The molecule has 1 amide bonds. The Balaban J connectivity index is 1.67. The van der Waals surface area contributed by atoms with Crippen molar-refractivity contribution >= 4 is 50.5 Å². The smallest absolute Gasteiger partial charge is 0.350 e. The number of ether oxygens (including phenoxy) is 1. The summed E-state index contributed by atoms with van der Waals surface area (Å²) in [5, 5.41) is 8.42. The molecule has 0 aliphatic carbocycles. The lowest BCUT2D eigenvalue weighted by molar-refractivity contribution is 0.0531. The number of amides is 1. The fourth-order valence-electron chi connectivity index (χ4n) is 2.08. The van der Waals surface area contributed by atoms with E-state index in [-0.39, 0.29) is 18.2 Å². The van der Waals surface area contributed by atoms with Gasteiger partial charge in [0.05, 0.1) is 12.3 Å². The van der Waals surface area contributed by atoms with E-state index in [1.54, 1.807) is 19.2 Å². The average Bonchev–Trinajstić information content (AvgIpc) is 3.23. The van der Waals surface area contributed by atoms with Gasteiger partial charge in [0.2, 0.25) is 0 Å². The summed E-state index contributed by atoms with van der Waals surface area (Å²) in [6, 6.07) is 9.57. The van der Waals surface area contributed by atoms with Crippen molar-refractivity contribution in [1.29, 1.82) is 0 Å². The molecule has 2 N–H and O–H groups in total. The van der Waals surface area contributed by atoms with Crippen LogP contribution in [0.2, 0.25) is 0 Å². The minimum atomic E-state index is -0.439. The number of hydrogen-bond donors (Lipinski definition) is 2. The van der Waals surface area contributed by atoms with Crippen LogP contribution in [-0.2, 0) is 4.74 Å². The molecule has 7 nitrogen and oxygen atoms in total. The lowest BCUT2D eigenvalue weighted by Crippen LogP contribution is -2.12. The number of hydrogen-bond acceptors (Lipinski definition) is 8. The van der Waals surface area contributed by atoms with Gasteiger partial charge in [-0.1, -0.05) is 29.5 Å². The van der Waals surface area contributed by atoms with E-state index < -0.39 is 5.97 Å². The van der Waals surface area contributed by atoms with Gasteiger partial charge in [0.25, 0.3) is 5.91 Å². The van der Waals surface area contributed by atoms with E-state index in [2.05, 4.69) is 20.6 Å². The van der Waals surface area contributed by atoms with Crippen molar-refractivity contribution in [3.63, 3.8) is 0 Å². The number of nitrogens with one attached hydrogen (secondary N) is 2. The highest BCUT2D eigenvalue weighted by Crippen LogP contribution is 2.25. The molecular weight excluding hydrogens is 372 g/mol. The Hall–Kier alpha value is -2.78. The SMILES string of the molecule is CCOC(=O)c1sc(NC(=O)c2csc(Nc3ccccc3)n2)nc1C. The summed E-state index contributed by atoms with van der Waals surface area (Å²) in [7, 11) is 0. The second-order valence-electron chi connectivity index (χ2n) is 5.14. The van der Waals surface area contributed by atoms with Crippen LogP contribution >= 0.6 is 22.7 Å². The predicted octanol–water partition coefficient (Wildman–Crippen LogP) is 4.08. The monoisotopic (exact) mass is 388 g/mol. The third kappa shape index (κ3) is 4.24. The maximum Gasteiger partial charge on any atom is 0.350 e. The fraction of sp³-hybridized carbons (Fsp3) is 0.176. The first-order valence-electron chi connectivity index (χ1n) is 7.80. The normalized spacial score (nSPS) is 10.4. The zero-order valence-corrected chi connectivity index (χ0v) is 15.7. The van der Waals surface area contributed by atoms with E-state index in [0.29, 0.717) is 20.8 Å². The van der Waals surface area contributed by atoms with E-state index in [0.717, 1.165) is 17.0 Å². The number of aryl methyl sites for hydroxylation is 1. The highest BCUT2D eigenvalue weighted by Gasteiger charge is 2.19. The topological polar surface area (TPSA) is 93.2 Å². The molecule has 0 saturated heterocycles. The number of carbonyl (C=O) groups is 2. The molecule has 2 heterocycles. The Kier molecular flexibility index (Phi) is 5.59. The van der Waals surface area contributed by atoms with Gasteiger partial charge in [-0.05, 0) is 26.0 Å². The van der Waals surface area contributed by atoms with Gasteiger partial charge in [0.1, 0.15) is 10.6 Å². The third-order valence-electron chi connectivity index (χ3n) is 3.24. The molecule has 134 valence electrons. The number of esters is 1. The molecule has 3 rings (SSSR count). The molecule has 26 heavy (non-hydrogen) atoms. The summed E-state index contributed by atoms with van der Waals surface area (Å²) < 4.78 is 4.97. The maximum absolute atomic E-state index is 12.4. The number of thiazole rings is 2. The largest absolute Gasteiger partial charge is 0.462 e. The average molecular weight is 388 g/mol. The van der Waals surface area contributed by atoms with Crippen LogP contribution in [0.5, 0.6) is 0 Å². The summed E-state index contributed by atoms with van der Waals surface area (Å²) in [6.45, 7) is 3.72. The lowest BCUT2D eigenvalue weighted by atomic mass is 10.3. The van der Waals surface area contributed by atoms with Crippen molar-refractivity contribution in [3.8, 4) is 0 Å². The first-order valence-corrected chi connectivity index (χ1v) is 9.50. The van der Waals surface area contributed by atoms with Gasteiger partial charge in [0.15, 0.2) is 10.3 Å². The molecule has 0 radical (unpaired) electrons. The molecule has 0 atom stereocenters. The van der Waals surface area contributed by atoms with Crippen LogP contribution in [-0.4, -0.2) is 28.5 Å². The molecule has 9 heteroatoms. The van der Waals surface area contributed by atoms with E-state index in [4.69, 9.17) is 4.74 Å². The van der Waals surface area contributed by atoms with Gasteiger partial charge in [0, 0.05) is 11.1 Å². The molecule has 0 saturated carbocycles. The van der Waals surface area contributed by atoms with Crippen molar-refractivity contribution in [2.24, 2.45) is 0 Å². The van der Waals surface area contributed by atoms with Crippen LogP contribution in [0.15, 0.2) is 35.7 Å². The molecule has 3 aromatic rings. The van der Waals surface area contributed by atoms with Crippen molar-refractivity contribution in [3.05, 3.63) is 52.0 Å².